The Morgan fingerprint density at radius 3 is 1.81 bits per heavy atom. The summed E-state index contributed by atoms with van der Waals surface area (Å²) in [6, 6.07) is 0. The zero-order chi connectivity index (χ0) is 17.7. The van der Waals surface area contributed by atoms with E-state index in [1.54, 1.807) is 18.6 Å². The van der Waals surface area contributed by atoms with Crippen molar-refractivity contribution < 1.29 is 19.8 Å². The van der Waals surface area contributed by atoms with Crippen LogP contribution < -0.4 is 11.5 Å². The van der Waals surface area contributed by atoms with Crippen LogP contribution in [0.1, 0.15) is 21.0 Å². The number of carbonyl (C=O) groups is 2. The van der Waals surface area contributed by atoms with Gasteiger partial charge >= 0.3 is 11.9 Å². The third-order valence-electron chi connectivity index (χ3n) is 2.50. The Balaban J connectivity index is 0.000000464. The van der Waals surface area contributed by atoms with Crippen molar-refractivity contribution in [2.45, 2.75) is 0 Å². The predicted molar refractivity (Wildman–Crippen MR) is 91.4 cm³/mol. The standard InChI is InChI=1S/C6H6N4O4.C6H4N4.2K/c7-3-1(5(11)12)9-4(8)2(10-3)6(13)14;1-2-9-6-5(8-1)3-7-4-10-6;;/h(H2,8,9)(H2,7,10)(H,11,12)(H,13,14);1-4H;;. The number of aromatic carboxylic acids is 2. The van der Waals surface area contributed by atoms with Gasteiger partial charge in [-0.3, -0.25) is 0 Å². The molecule has 0 amide bonds. The van der Waals surface area contributed by atoms with Crippen LogP contribution in [0.4, 0.5) is 11.6 Å². The molecule has 2 radical (unpaired) electrons. The van der Waals surface area contributed by atoms with E-state index in [1.807, 2.05) is 0 Å². The molecule has 0 aliphatic heterocycles. The van der Waals surface area contributed by atoms with Gasteiger partial charge < -0.3 is 21.7 Å². The average molecular weight is 408 g/mol. The van der Waals surface area contributed by atoms with Crippen LogP contribution in [0.15, 0.2) is 24.9 Å². The molecule has 26 heavy (non-hydrogen) atoms. The van der Waals surface area contributed by atoms with Crippen LogP contribution in [0.3, 0.4) is 0 Å². The fraction of sp³-hybridized carbons (Fsp3) is 0. The summed E-state index contributed by atoms with van der Waals surface area (Å²) in [6.07, 6.45) is 6.31. The third-order valence-corrected chi connectivity index (χ3v) is 2.50. The first-order chi connectivity index (χ1) is 11.4. The molecule has 3 aromatic heterocycles. The van der Waals surface area contributed by atoms with Crippen molar-refractivity contribution in [3.8, 4) is 0 Å². The second kappa shape index (κ2) is 11.9. The quantitative estimate of drug-likeness (QED) is 0.365. The number of nitrogens with two attached hydrogens (primary N) is 2. The zero-order valence-corrected chi connectivity index (χ0v) is 20.1. The Morgan fingerprint density at radius 1 is 0.846 bits per heavy atom. The van der Waals surface area contributed by atoms with Crippen molar-refractivity contribution in [3.63, 3.8) is 0 Å². The number of aromatic nitrogens is 6. The van der Waals surface area contributed by atoms with Gasteiger partial charge in [0, 0.05) is 115 Å². The van der Waals surface area contributed by atoms with Crippen molar-refractivity contribution in [2.75, 3.05) is 11.5 Å². The molecule has 0 saturated carbocycles. The van der Waals surface area contributed by atoms with Crippen LogP contribution in [0, 0.1) is 0 Å². The number of anilines is 2. The number of nitrogens with zero attached hydrogens (tertiary/aromatic N) is 6. The number of hydrogen-bond donors (Lipinski definition) is 4. The average Bonchev–Trinajstić information content (AvgIpc) is 2.57. The van der Waals surface area contributed by atoms with E-state index in [9.17, 15) is 9.59 Å². The van der Waals surface area contributed by atoms with Gasteiger partial charge in [-0.05, 0) is 0 Å². The molecule has 0 aliphatic rings. The normalized spacial score (nSPS) is 9.08. The Labute approximate surface area is 231 Å². The SMILES string of the molecule is Nc1nc(C(=O)O)c(N)nc1C(=O)O.[K].[K].c1cnc2ncncc2n1. The van der Waals surface area contributed by atoms with E-state index < -0.39 is 35.0 Å². The van der Waals surface area contributed by atoms with E-state index in [0.717, 1.165) is 5.52 Å². The third kappa shape index (κ3) is 6.80. The molecule has 6 N–H and O–H groups in total. The minimum absolute atomic E-state index is 0. The van der Waals surface area contributed by atoms with E-state index in [-0.39, 0.29) is 103 Å². The van der Waals surface area contributed by atoms with Crippen molar-refractivity contribution in [1.29, 1.82) is 0 Å². The fourth-order valence-electron chi connectivity index (χ4n) is 1.50. The second-order valence-corrected chi connectivity index (χ2v) is 4.09. The number of nitrogen functional groups attached to an aromatic ring is 2. The number of rotatable bonds is 2. The van der Waals surface area contributed by atoms with Gasteiger partial charge in [0.2, 0.25) is 0 Å². The largest absolute Gasteiger partial charge is 0.476 e. The van der Waals surface area contributed by atoms with Crippen molar-refractivity contribution in [1.82, 2.24) is 29.9 Å². The molecule has 0 aliphatic carbocycles. The Morgan fingerprint density at radius 2 is 1.35 bits per heavy atom. The second-order valence-electron chi connectivity index (χ2n) is 4.09. The molecule has 0 atom stereocenters. The molecule has 3 aromatic rings. The minimum atomic E-state index is -1.42. The summed E-state index contributed by atoms with van der Waals surface area (Å²) in [5.41, 5.74) is 10.5. The van der Waals surface area contributed by atoms with Crippen LogP contribution in [0.2, 0.25) is 0 Å². The van der Waals surface area contributed by atoms with Crippen LogP contribution in [0.5, 0.6) is 0 Å². The molecule has 0 aromatic carbocycles. The van der Waals surface area contributed by atoms with Gasteiger partial charge in [0.05, 0.1) is 6.20 Å². The molecule has 0 fully saturated rings. The maximum atomic E-state index is 10.5. The molecule has 3 heterocycles. The topological polar surface area (TPSA) is 204 Å². The maximum absolute atomic E-state index is 10.5. The number of hydrogen-bond acceptors (Lipinski definition) is 10. The van der Waals surface area contributed by atoms with Gasteiger partial charge in [0.15, 0.2) is 28.7 Å². The van der Waals surface area contributed by atoms with Gasteiger partial charge in [-0.2, -0.15) is 0 Å². The molecule has 12 nitrogen and oxygen atoms in total. The van der Waals surface area contributed by atoms with Crippen LogP contribution in [-0.2, 0) is 0 Å². The summed E-state index contributed by atoms with van der Waals surface area (Å²) in [6.45, 7) is 0. The predicted octanol–water partition coefficient (Wildman–Crippen LogP) is -1.30. The summed E-state index contributed by atoms with van der Waals surface area (Å²) in [5.74, 6) is -3.80. The molecule has 3 rings (SSSR count). The van der Waals surface area contributed by atoms with Crippen molar-refractivity contribution in [3.05, 3.63) is 36.3 Å². The van der Waals surface area contributed by atoms with Crippen molar-refractivity contribution in [2.24, 2.45) is 0 Å². The van der Waals surface area contributed by atoms with E-state index in [1.165, 1.54) is 6.33 Å². The Hall–Kier alpha value is -0.687. The number of carboxylic acids is 2. The first-order valence-corrected chi connectivity index (χ1v) is 6.16. The smallest absolute Gasteiger partial charge is 0.358 e. The van der Waals surface area contributed by atoms with E-state index in [0.29, 0.717) is 5.65 Å². The van der Waals surface area contributed by atoms with Gasteiger partial charge in [-0.15, -0.1) is 0 Å². The zero-order valence-electron chi connectivity index (χ0n) is 13.9. The first-order valence-electron chi connectivity index (χ1n) is 6.16. The van der Waals surface area contributed by atoms with Gasteiger partial charge in [-0.25, -0.2) is 39.5 Å². The van der Waals surface area contributed by atoms with Crippen LogP contribution in [-0.4, -0.2) is 155 Å². The molecule has 0 bridgehead atoms. The Bertz CT molecular complexity index is 822. The van der Waals surface area contributed by atoms with E-state index in [4.69, 9.17) is 21.7 Å². The number of fused-ring (bicyclic) bond motifs is 1. The molecule has 0 unspecified atom stereocenters. The Kier molecular flexibility index (Phi) is 11.6. The maximum Gasteiger partial charge on any atom is 0.358 e. The molecule has 14 heteroatoms. The molecule has 124 valence electrons. The minimum Gasteiger partial charge on any atom is -0.476 e. The molecule has 0 saturated heterocycles. The van der Waals surface area contributed by atoms with Crippen LogP contribution >= 0.6 is 0 Å². The molecular formula is C12H10K2N8O4. The van der Waals surface area contributed by atoms with E-state index >= 15 is 0 Å². The van der Waals surface area contributed by atoms with E-state index in [2.05, 4.69) is 29.9 Å². The molecular weight excluding hydrogens is 398 g/mol. The van der Waals surface area contributed by atoms with Gasteiger partial charge in [-0.1, -0.05) is 0 Å². The summed E-state index contributed by atoms with van der Waals surface area (Å²) >= 11 is 0. The fourth-order valence-corrected chi connectivity index (χ4v) is 1.50. The summed E-state index contributed by atoms with van der Waals surface area (Å²) in [7, 11) is 0. The number of carboxylic acid groups (broad SMARTS) is 2. The van der Waals surface area contributed by atoms with Crippen LogP contribution in [0.25, 0.3) is 11.2 Å². The van der Waals surface area contributed by atoms with Crippen molar-refractivity contribution >= 4 is 138 Å². The molecule has 0 spiro atoms. The van der Waals surface area contributed by atoms with Gasteiger partial charge in [0.25, 0.3) is 0 Å². The summed E-state index contributed by atoms with van der Waals surface area (Å²) in [4.78, 5) is 43.2. The monoisotopic (exact) mass is 408 g/mol. The summed E-state index contributed by atoms with van der Waals surface area (Å²) < 4.78 is 0. The first kappa shape index (κ1) is 25.3. The van der Waals surface area contributed by atoms with Gasteiger partial charge in [0.1, 0.15) is 11.8 Å². The summed E-state index contributed by atoms with van der Waals surface area (Å²) in [5, 5.41) is 17.1.